The van der Waals surface area contributed by atoms with Gasteiger partial charge in [0.05, 0.1) is 0 Å². The van der Waals surface area contributed by atoms with Crippen LogP contribution in [0.1, 0.15) is 98.8 Å². The second kappa shape index (κ2) is 9.61. The second-order valence-electron chi connectivity index (χ2n) is 8.17. The van der Waals surface area contributed by atoms with Crippen molar-refractivity contribution in [1.82, 2.24) is 0 Å². The zero-order valence-corrected chi connectivity index (χ0v) is 14.4. The predicted molar refractivity (Wildman–Crippen MR) is 89.6 cm³/mol. The lowest BCUT2D eigenvalue weighted by Gasteiger charge is -2.29. The summed E-state index contributed by atoms with van der Waals surface area (Å²) in [5, 5.41) is 0. The van der Waals surface area contributed by atoms with E-state index in [1.807, 2.05) is 6.08 Å². The van der Waals surface area contributed by atoms with Crippen LogP contribution in [-0.4, -0.2) is 0 Å². The smallest absolute Gasteiger partial charge is 0.0353 e. The highest BCUT2D eigenvalue weighted by atomic mass is 14.3. The highest BCUT2D eigenvalue weighted by molar-refractivity contribution is 4.73. The normalized spacial score (nSPS) is 12.7. The third kappa shape index (κ3) is 14.0. The minimum absolute atomic E-state index is 0.489. The molecule has 0 aromatic rings. The minimum atomic E-state index is 0.489. The van der Waals surface area contributed by atoms with Gasteiger partial charge in [-0.2, -0.15) is 0 Å². The zero-order chi connectivity index (χ0) is 14.8. The third-order valence-corrected chi connectivity index (χ3v) is 4.06. The van der Waals surface area contributed by atoms with Gasteiger partial charge >= 0.3 is 0 Å². The summed E-state index contributed by atoms with van der Waals surface area (Å²) in [5.41, 5.74) is 1.03. The molecule has 0 aromatic carbocycles. The molecule has 0 fully saturated rings. The topological polar surface area (TPSA) is 0 Å². The Bertz CT molecular complexity index is 217. The van der Waals surface area contributed by atoms with Gasteiger partial charge in [0, 0.05) is 0 Å². The van der Waals surface area contributed by atoms with Crippen molar-refractivity contribution >= 4 is 0 Å². The van der Waals surface area contributed by atoms with E-state index in [0.29, 0.717) is 10.8 Å². The highest BCUT2D eigenvalue weighted by Crippen LogP contribution is 2.34. The van der Waals surface area contributed by atoms with Gasteiger partial charge in [-0.1, -0.05) is 72.8 Å². The van der Waals surface area contributed by atoms with Gasteiger partial charge in [0.1, 0.15) is 0 Å². The molecular weight excluding hydrogens is 228 g/mol. The van der Waals surface area contributed by atoms with Crippen LogP contribution in [0.15, 0.2) is 12.7 Å². The van der Waals surface area contributed by atoms with E-state index < -0.39 is 0 Å². The van der Waals surface area contributed by atoms with Crippen molar-refractivity contribution < 1.29 is 0 Å². The molecule has 0 atom stereocenters. The standard InChI is InChI=1S/C19H38/c1-7-8-9-10-11-12-13-14-15-19(5,6)17-16-18(2,3)4/h7H,1,8-17H2,2-6H3. The van der Waals surface area contributed by atoms with Crippen LogP contribution in [-0.2, 0) is 0 Å². The number of rotatable bonds is 11. The molecule has 114 valence electrons. The Morgan fingerprint density at radius 3 is 1.74 bits per heavy atom. The molecule has 0 nitrogen and oxygen atoms in total. The number of hydrogen-bond acceptors (Lipinski definition) is 0. The molecule has 0 saturated carbocycles. The molecule has 0 N–H and O–H groups in total. The van der Waals surface area contributed by atoms with E-state index in [0.717, 1.165) is 0 Å². The molecule has 0 amide bonds. The summed E-state index contributed by atoms with van der Waals surface area (Å²) in [6.45, 7) is 15.7. The van der Waals surface area contributed by atoms with Crippen LogP contribution in [0.3, 0.4) is 0 Å². The quantitative estimate of drug-likeness (QED) is 0.275. The summed E-state index contributed by atoms with van der Waals surface area (Å²) in [6.07, 6.45) is 15.7. The molecule has 0 bridgehead atoms. The van der Waals surface area contributed by atoms with E-state index in [1.54, 1.807) is 0 Å². The van der Waals surface area contributed by atoms with E-state index in [1.165, 1.54) is 64.2 Å². The van der Waals surface area contributed by atoms with Crippen molar-refractivity contribution in [3.8, 4) is 0 Å². The van der Waals surface area contributed by atoms with Gasteiger partial charge < -0.3 is 0 Å². The summed E-state index contributed by atoms with van der Waals surface area (Å²) >= 11 is 0. The summed E-state index contributed by atoms with van der Waals surface area (Å²) in [7, 11) is 0. The van der Waals surface area contributed by atoms with Crippen molar-refractivity contribution in [2.75, 3.05) is 0 Å². The van der Waals surface area contributed by atoms with Crippen molar-refractivity contribution in [2.45, 2.75) is 98.8 Å². The lowest BCUT2D eigenvalue weighted by Crippen LogP contribution is -2.16. The lowest BCUT2D eigenvalue weighted by atomic mass is 9.77. The van der Waals surface area contributed by atoms with E-state index >= 15 is 0 Å². The molecule has 0 heteroatoms. The molecule has 19 heavy (non-hydrogen) atoms. The first kappa shape index (κ1) is 18.7. The van der Waals surface area contributed by atoms with E-state index in [-0.39, 0.29) is 0 Å². The predicted octanol–water partition coefficient (Wildman–Crippen LogP) is 7.15. The van der Waals surface area contributed by atoms with Gasteiger partial charge in [-0.15, -0.1) is 6.58 Å². The monoisotopic (exact) mass is 266 g/mol. The largest absolute Gasteiger partial charge is 0.103 e. The number of hydrogen-bond donors (Lipinski definition) is 0. The molecular formula is C19H38. The van der Waals surface area contributed by atoms with Crippen LogP contribution in [0.25, 0.3) is 0 Å². The first-order valence-corrected chi connectivity index (χ1v) is 8.38. The zero-order valence-electron chi connectivity index (χ0n) is 14.4. The summed E-state index contributed by atoms with van der Waals surface area (Å²) in [6, 6.07) is 0. The average Bonchev–Trinajstić information content (AvgIpc) is 2.29. The van der Waals surface area contributed by atoms with E-state index in [9.17, 15) is 0 Å². The Morgan fingerprint density at radius 1 is 0.684 bits per heavy atom. The van der Waals surface area contributed by atoms with Crippen molar-refractivity contribution in [3.63, 3.8) is 0 Å². The molecule has 0 aliphatic carbocycles. The third-order valence-electron chi connectivity index (χ3n) is 4.06. The fourth-order valence-electron chi connectivity index (χ4n) is 2.44. The molecule has 0 unspecified atom stereocenters. The van der Waals surface area contributed by atoms with Crippen molar-refractivity contribution in [3.05, 3.63) is 12.7 Å². The Balaban J connectivity index is 3.50. The van der Waals surface area contributed by atoms with Gasteiger partial charge in [0.15, 0.2) is 0 Å². The fourth-order valence-corrected chi connectivity index (χ4v) is 2.44. The first-order valence-electron chi connectivity index (χ1n) is 8.38. The molecule has 0 rings (SSSR count). The van der Waals surface area contributed by atoms with Crippen LogP contribution < -0.4 is 0 Å². The lowest BCUT2D eigenvalue weighted by molar-refractivity contribution is 0.234. The molecule has 0 aliphatic heterocycles. The van der Waals surface area contributed by atoms with Crippen LogP contribution in [0, 0.1) is 10.8 Å². The Kier molecular flexibility index (Phi) is 9.48. The molecule has 0 spiro atoms. The Hall–Kier alpha value is -0.260. The average molecular weight is 267 g/mol. The van der Waals surface area contributed by atoms with Gasteiger partial charge in [-0.05, 0) is 42.9 Å². The molecule has 0 aliphatic rings. The summed E-state index contributed by atoms with van der Waals surface area (Å²) < 4.78 is 0. The summed E-state index contributed by atoms with van der Waals surface area (Å²) in [4.78, 5) is 0. The Labute approximate surface area is 123 Å². The van der Waals surface area contributed by atoms with Gasteiger partial charge in [0.2, 0.25) is 0 Å². The molecule has 0 saturated heterocycles. The number of allylic oxidation sites excluding steroid dienone is 1. The van der Waals surface area contributed by atoms with Gasteiger partial charge in [0.25, 0.3) is 0 Å². The summed E-state index contributed by atoms with van der Waals surface area (Å²) in [5.74, 6) is 0. The van der Waals surface area contributed by atoms with E-state index in [2.05, 4.69) is 41.2 Å². The van der Waals surface area contributed by atoms with Crippen LogP contribution in [0.4, 0.5) is 0 Å². The first-order chi connectivity index (χ1) is 8.77. The second-order valence-corrected chi connectivity index (χ2v) is 8.17. The minimum Gasteiger partial charge on any atom is -0.103 e. The molecule has 0 radical (unpaired) electrons. The SMILES string of the molecule is C=CCCCCCCCCC(C)(C)CCC(C)(C)C. The highest BCUT2D eigenvalue weighted by Gasteiger charge is 2.20. The molecule has 0 aromatic heterocycles. The Morgan fingerprint density at radius 2 is 1.21 bits per heavy atom. The maximum absolute atomic E-state index is 3.77. The van der Waals surface area contributed by atoms with Crippen molar-refractivity contribution in [1.29, 1.82) is 0 Å². The maximum atomic E-state index is 3.77. The van der Waals surface area contributed by atoms with Crippen LogP contribution in [0.2, 0.25) is 0 Å². The fraction of sp³-hybridized carbons (Fsp3) is 0.895. The number of unbranched alkanes of at least 4 members (excludes halogenated alkanes) is 6. The maximum Gasteiger partial charge on any atom is -0.0353 e. The van der Waals surface area contributed by atoms with Gasteiger partial charge in [-0.25, -0.2) is 0 Å². The van der Waals surface area contributed by atoms with Crippen LogP contribution in [0.5, 0.6) is 0 Å². The van der Waals surface area contributed by atoms with E-state index in [4.69, 9.17) is 0 Å². The van der Waals surface area contributed by atoms with Crippen molar-refractivity contribution in [2.24, 2.45) is 10.8 Å². The molecule has 0 heterocycles. The van der Waals surface area contributed by atoms with Crippen LogP contribution >= 0.6 is 0 Å². The van der Waals surface area contributed by atoms with Gasteiger partial charge in [-0.3, -0.25) is 0 Å².